The van der Waals surface area contributed by atoms with Crippen molar-refractivity contribution in [3.8, 4) is 0 Å². The van der Waals surface area contributed by atoms with E-state index in [1.54, 1.807) is 0 Å². The highest BCUT2D eigenvalue weighted by molar-refractivity contribution is 4.52. The van der Waals surface area contributed by atoms with Crippen molar-refractivity contribution in [2.45, 2.75) is 51.6 Å². The number of hydrogen-bond acceptors (Lipinski definition) is 2. The van der Waals surface area contributed by atoms with Crippen LogP contribution in [0.4, 0.5) is 0 Å². The van der Waals surface area contributed by atoms with Crippen molar-refractivity contribution in [1.82, 2.24) is 0 Å². The van der Waals surface area contributed by atoms with Crippen LogP contribution in [0.3, 0.4) is 0 Å². The summed E-state index contributed by atoms with van der Waals surface area (Å²) in [6, 6.07) is 0. The zero-order valence-electron chi connectivity index (χ0n) is 7.42. The number of rotatable bonds is 7. The summed E-state index contributed by atoms with van der Waals surface area (Å²) in [5, 5.41) is 17.5. The zero-order valence-corrected chi connectivity index (χ0v) is 7.42. The Morgan fingerprint density at radius 1 is 1.09 bits per heavy atom. The van der Waals surface area contributed by atoms with Gasteiger partial charge in [0.25, 0.3) is 0 Å². The molecule has 0 aliphatic rings. The van der Waals surface area contributed by atoms with E-state index in [1.165, 1.54) is 25.7 Å². The Balaban J connectivity index is 2.89. The van der Waals surface area contributed by atoms with Crippen molar-refractivity contribution in [3.63, 3.8) is 0 Å². The Morgan fingerprint density at radius 3 is 2.27 bits per heavy atom. The lowest BCUT2D eigenvalue weighted by Crippen LogP contribution is -2.10. The fourth-order valence-corrected chi connectivity index (χ4v) is 1.07. The van der Waals surface area contributed by atoms with Crippen LogP contribution < -0.4 is 0 Å². The summed E-state index contributed by atoms with van der Waals surface area (Å²) < 4.78 is 0. The standard InChI is InChI=1S/C9H20O2/c1-2-3-4-5-6-7-9(11)8-10/h9-11H,2-8H2,1H3. The molecule has 0 aliphatic carbocycles. The minimum atomic E-state index is -0.489. The number of aliphatic hydroxyl groups is 2. The van der Waals surface area contributed by atoms with Gasteiger partial charge in [0.2, 0.25) is 0 Å². The molecule has 11 heavy (non-hydrogen) atoms. The molecule has 2 heteroatoms. The van der Waals surface area contributed by atoms with Gasteiger partial charge in [-0.3, -0.25) is 0 Å². The lowest BCUT2D eigenvalue weighted by Gasteiger charge is -2.05. The Morgan fingerprint density at radius 2 is 1.73 bits per heavy atom. The lowest BCUT2D eigenvalue weighted by molar-refractivity contribution is 0.0860. The van der Waals surface area contributed by atoms with E-state index in [9.17, 15) is 0 Å². The first kappa shape index (κ1) is 10.9. The van der Waals surface area contributed by atoms with Crippen LogP contribution in [0.15, 0.2) is 0 Å². The van der Waals surface area contributed by atoms with Gasteiger partial charge in [-0.2, -0.15) is 0 Å². The molecule has 0 aromatic carbocycles. The number of aliphatic hydroxyl groups excluding tert-OH is 2. The van der Waals surface area contributed by atoms with Crippen LogP contribution in [0.2, 0.25) is 0 Å². The van der Waals surface area contributed by atoms with Gasteiger partial charge in [-0.25, -0.2) is 0 Å². The number of unbranched alkanes of at least 4 members (excludes halogenated alkanes) is 4. The molecule has 0 bridgehead atoms. The summed E-state index contributed by atoms with van der Waals surface area (Å²) in [5.41, 5.74) is 0. The predicted octanol–water partition coefficient (Wildman–Crippen LogP) is 1.70. The second-order valence-corrected chi connectivity index (χ2v) is 3.04. The highest BCUT2D eigenvalue weighted by Gasteiger charge is 1.99. The quantitative estimate of drug-likeness (QED) is 0.556. The van der Waals surface area contributed by atoms with Crippen LogP contribution in [-0.2, 0) is 0 Å². The molecule has 2 N–H and O–H groups in total. The molecule has 68 valence electrons. The fourth-order valence-electron chi connectivity index (χ4n) is 1.07. The van der Waals surface area contributed by atoms with E-state index in [2.05, 4.69) is 6.92 Å². The summed E-state index contributed by atoms with van der Waals surface area (Å²) >= 11 is 0. The largest absolute Gasteiger partial charge is 0.394 e. The van der Waals surface area contributed by atoms with Crippen LogP contribution in [0, 0.1) is 0 Å². The molecule has 0 saturated heterocycles. The molecule has 0 spiro atoms. The molecule has 2 nitrogen and oxygen atoms in total. The van der Waals surface area contributed by atoms with Gasteiger partial charge in [-0.15, -0.1) is 0 Å². The summed E-state index contributed by atoms with van der Waals surface area (Å²) in [6.45, 7) is 2.09. The van der Waals surface area contributed by atoms with E-state index in [0.717, 1.165) is 12.8 Å². The molecule has 0 aromatic heterocycles. The second kappa shape index (κ2) is 8.02. The molecular weight excluding hydrogens is 140 g/mol. The van der Waals surface area contributed by atoms with Gasteiger partial charge in [-0.1, -0.05) is 39.0 Å². The molecule has 1 unspecified atom stereocenters. The third kappa shape index (κ3) is 7.82. The molecule has 0 aliphatic heterocycles. The fraction of sp³-hybridized carbons (Fsp3) is 1.00. The minimum Gasteiger partial charge on any atom is -0.394 e. The van der Waals surface area contributed by atoms with Crippen LogP contribution in [0.25, 0.3) is 0 Å². The number of hydrogen-bond donors (Lipinski definition) is 2. The highest BCUT2D eigenvalue weighted by atomic mass is 16.3. The van der Waals surface area contributed by atoms with E-state index in [1.807, 2.05) is 0 Å². The summed E-state index contributed by atoms with van der Waals surface area (Å²) in [5.74, 6) is 0. The van der Waals surface area contributed by atoms with E-state index in [0.29, 0.717) is 0 Å². The zero-order chi connectivity index (χ0) is 8.53. The van der Waals surface area contributed by atoms with Crippen LogP contribution in [0.1, 0.15) is 45.4 Å². The summed E-state index contributed by atoms with van der Waals surface area (Å²) in [7, 11) is 0. The molecule has 0 aromatic rings. The summed E-state index contributed by atoms with van der Waals surface area (Å²) in [6.07, 6.45) is 6.29. The van der Waals surface area contributed by atoms with Crippen molar-refractivity contribution in [2.75, 3.05) is 6.61 Å². The van der Waals surface area contributed by atoms with E-state index >= 15 is 0 Å². The Kier molecular flexibility index (Phi) is 7.96. The SMILES string of the molecule is CCCCCCCC(O)CO. The average Bonchev–Trinajstić information content (AvgIpc) is 2.04. The molecule has 0 saturated carbocycles. The topological polar surface area (TPSA) is 40.5 Å². The van der Waals surface area contributed by atoms with Crippen molar-refractivity contribution < 1.29 is 10.2 Å². The maximum atomic E-state index is 8.96. The lowest BCUT2D eigenvalue weighted by atomic mass is 10.1. The predicted molar refractivity (Wildman–Crippen MR) is 46.5 cm³/mol. The van der Waals surface area contributed by atoms with Gasteiger partial charge in [0.15, 0.2) is 0 Å². The molecule has 0 heterocycles. The Labute approximate surface area is 69.2 Å². The van der Waals surface area contributed by atoms with Crippen molar-refractivity contribution in [3.05, 3.63) is 0 Å². The van der Waals surface area contributed by atoms with Gasteiger partial charge in [0, 0.05) is 0 Å². The van der Waals surface area contributed by atoms with Crippen LogP contribution in [0.5, 0.6) is 0 Å². The minimum absolute atomic E-state index is 0.0895. The highest BCUT2D eigenvalue weighted by Crippen LogP contribution is 2.06. The molecular formula is C9H20O2. The van der Waals surface area contributed by atoms with Crippen LogP contribution in [-0.4, -0.2) is 22.9 Å². The molecule has 0 rings (SSSR count). The van der Waals surface area contributed by atoms with E-state index in [-0.39, 0.29) is 6.61 Å². The monoisotopic (exact) mass is 160 g/mol. The normalized spacial score (nSPS) is 13.4. The molecule has 0 fully saturated rings. The van der Waals surface area contributed by atoms with Crippen molar-refractivity contribution in [2.24, 2.45) is 0 Å². The van der Waals surface area contributed by atoms with E-state index < -0.39 is 6.10 Å². The van der Waals surface area contributed by atoms with Crippen LogP contribution >= 0.6 is 0 Å². The van der Waals surface area contributed by atoms with Gasteiger partial charge < -0.3 is 10.2 Å². The molecule has 1 atom stereocenters. The third-order valence-electron chi connectivity index (χ3n) is 1.85. The first-order valence-electron chi connectivity index (χ1n) is 4.60. The third-order valence-corrected chi connectivity index (χ3v) is 1.85. The first-order valence-corrected chi connectivity index (χ1v) is 4.60. The van der Waals surface area contributed by atoms with E-state index in [4.69, 9.17) is 10.2 Å². The van der Waals surface area contributed by atoms with Crippen molar-refractivity contribution in [1.29, 1.82) is 0 Å². The maximum absolute atomic E-state index is 8.96. The summed E-state index contributed by atoms with van der Waals surface area (Å²) in [4.78, 5) is 0. The van der Waals surface area contributed by atoms with Crippen molar-refractivity contribution >= 4 is 0 Å². The second-order valence-electron chi connectivity index (χ2n) is 3.04. The molecule has 0 radical (unpaired) electrons. The first-order chi connectivity index (χ1) is 5.31. The van der Waals surface area contributed by atoms with Gasteiger partial charge in [0.1, 0.15) is 0 Å². The Hall–Kier alpha value is -0.0800. The van der Waals surface area contributed by atoms with Gasteiger partial charge in [-0.05, 0) is 6.42 Å². The maximum Gasteiger partial charge on any atom is 0.0770 e. The van der Waals surface area contributed by atoms with Gasteiger partial charge >= 0.3 is 0 Å². The average molecular weight is 160 g/mol. The Bertz CT molecular complexity index is 74.0. The molecule has 0 amide bonds. The smallest absolute Gasteiger partial charge is 0.0770 e. The van der Waals surface area contributed by atoms with Gasteiger partial charge in [0.05, 0.1) is 12.7 Å².